The summed E-state index contributed by atoms with van der Waals surface area (Å²) in [4.78, 5) is 21.1. The summed E-state index contributed by atoms with van der Waals surface area (Å²) in [5.41, 5.74) is 10.6. The first kappa shape index (κ1) is 52.6. The van der Waals surface area contributed by atoms with Gasteiger partial charge in [0, 0.05) is 96.4 Å². The SMILES string of the molecule is C=C1NCCCC1N1Cc2c(csc2CN(C)C(=C)CCC(C)(C)C(C)CCC2CCCCCCCN3CC(C3)CC(F)(F)c3cccc(c3)CNc3ncnc4c3C=C(C3CCS(=C)CC3)C(=C)N42)C1=C. The summed E-state index contributed by atoms with van der Waals surface area (Å²) in [5, 5.41) is 9.43. The standard InChI is InChI=1S/C60H84F2N8S2/c1-41(59(6,7)26-23-42(2)67(8)38-56-53-37-69(44(4)54(53)39-71-56)55-20-16-27-63-43(55)3)21-22-50-19-13-11-10-12-14-28-68-35-47(36-68)33-60(61,62)49-18-15-17-46(31-49)34-64-57-52-32-51(48-24-29-72(9)30-25-48)45(5)70(50)58(52)66-40-65-57/h15,17-18,31-32,39-41,47-48,50,55,63H,2-5,9-14,16,19-30,33-38H2,1,6-8H3,(H,64,65,66). The number of aromatic nitrogens is 2. The monoisotopic (exact) mass is 1020 g/mol. The number of piperidine rings is 1. The molecule has 0 radical (unpaired) electrons. The summed E-state index contributed by atoms with van der Waals surface area (Å²) >= 11 is 1.86. The highest BCUT2D eigenvalue weighted by atomic mass is 32.2. The number of rotatable bonds is 12. The van der Waals surface area contributed by atoms with Crippen molar-refractivity contribution in [2.75, 3.05) is 54.9 Å². The Morgan fingerprint density at radius 3 is 2.57 bits per heavy atom. The van der Waals surface area contributed by atoms with Gasteiger partial charge in [-0.25, -0.2) is 18.7 Å². The van der Waals surface area contributed by atoms with Gasteiger partial charge in [-0.2, -0.15) is 10.5 Å². The van der Waals surface area contributed by atoms with Crippen LogP contribution in [-0.2, 0) is 25.6 Å². The summed E-state index contributed by atoms with van der Waals surface area (Å²) in [5.74, 6) is 6.41. The number of fused-ring (bicyclic) bond motifs is 10. The molecule has 3 fully saturated rings. The molecule has 3 saturated heterocycles. The van der Waals surface area contributed by atoms with Crippen LogP contribution in [0.15, 0.2) is 85.0 Å². The lowest BCUT2D eigenvalue weighted by Gasteiger charge is -2.42. The molecule has 390 valence electrons. The molecule has 0 aliphatic carbocycles. The van der Waals surface area contributed by atoms with Gasteiger partial charge in [0.1, 0.15) is 18.0 Å². The largest absolute Gasteiger partial charge is 0.387 e. The van der Waals surface area contributed by atoms with E-state index < -0.39 is 5.92 Å². The quantitative estimate of drug-likeness (QED) is 0.174. The smallest absolute Gasteiger partial charge is 0.273 e. The highest BCUT2D eigenvalue weighted by Crippen LogP contribution is 2.47. The van der Waals surface area contributed by atoms with E-state index in [1.807, 2.05) is 17.4 Å². The maximum atomic E-state index is 15.8. The van der Waals surface area contributed by atoms with Crippen LogP contribution in [0.25, 0.3) is 11.8 Å². The lowest BCUT2D eigenvalue weighted by molar-refractivity contribution is -0.0568. The number of hydrogen-bond donors (Lipinski definition) is 2. The molecule has 8 nitrogen and oxygen atoms in total. The van der Waals surface area contributed by atoms with Gasteiger partial charge in [-0.05, 0) is 134 Å². The maximum Gasteiger partial charge on any atom is 0.273 e. The molecule has 2 N–H and O–H groups in total. The zero-order valence-electron chi connectivity index (χ0n) is 44.2. The Balaban J connectivity index is 0.906. The van der Waals surface area contributed by atoms with Gasteiger partial charge < -0.3 is 30.2 Å². The van der Waals surface area contributed by atoms with Crippen LogP contribution in [0, 0.1) is 23.2 Å². The van der Waals surface area contributed by atoms with Gasteiger partial charge in [-0.3, -0.25) is 0 Å². The third kappa shape index (κ3) is 11.8. The number of nitrogens with one attached hydrogen (secondary N) is 2. The Morgan fingerprint density at radius 2 is 1.78 bits per heavy atom. The van der Waals surface area contributed by atoms with Crippen LogP contribution in [0.5, 0.6) is 0 Å². The van der Waals surface area contributed by atoms with Crippen LogP contribution in [0.4, 0.5) is 20.4 Å². The van der Waals surface area contributed by atoms with Crippen LogP contribution in [0.2, 0.25) is 0 Å². The van der Waals surface area contributed by atoms with E-state index in [2.05, 4.69) is 95.1 Å². The topological polar surface area (TPSA) is 62.8 Å². The number of allylic oxidation sites excluding steroid dienone is 2. The van der Waals surface area contributed by atoms with E-state index in [1.54, 1.807) is 24.5 Å². The zero-order chi connectivity index (χ0) is 50.7. The number of nitrogens with zero attached hydrogens (tertiary/aromatic N) is 6. The normalized spacial score (nSPS) is 26.5. The molecule has 12 heteroatoms. The molecule has 10 rings (SSSR count). The van der Waals surface area contributed by atoms with Crippen molar-refractivity contribution < 1.29 is 8.78 Å². The van der Waals surface area contributed by atoms with E-state index in [-0.39, 0.29) is 39.8 Å². The Hall–Kier alpha value is -4.26. The van der Waals surface area contributed by atoms with Gasteiger partial charge in [0.15, 0.2) is 0 Å². The minimum Gasteiger partial charge on any atom is -0.387 e. The molecule has 0 spiro atoms. The molecule has 7 aliphatic rings. The van der Waals surface area contributed by atoms with Crippen molar-refractivity contribution in [3.05, 3.63) is 118 Å². The van der Waals surface area contributed by atoms with Crippen molar-refractivity contribution in [3.63, 3.8) is 0 Å². The van der Waals surface area contributed by atoms with Gasteiger partial charge >= 0.3 is 0 Å². The fourth-order valence-electron chi connectivity index (χ4n) is 12.4. The third-order valence-electron chi connectivity index (χ3n) is 17.7. The second kappa shape index (κ2) is 22.7. The van der Waals surface area contributed by atoms with E-state index in [4.69, 9.17) is 16.5 Å². The average molecular weight is 1020 g/mol. The fraction of sp³-hybridized carbons (Fsp3) is 0.583. The van der Waals surface area contributed by atoms with E-state index >= 15 is 8.78 Å². The van der Waals surface area contributed by atoms with Crippen LogP contribution in [0.1, 0.15) is 150 Å². The van der Waals surface area contributed by atoms with Crippen molar-refractivity contribution in [2.45, 2.75) is 155 Å². The number of benzene rings is 1. The van der Waals surface area contributed by atoms with Gasteiger partial charge in [0.25, 0.3) is 5.92 Å². The van der Waals surface area contributed by atoms with Crippen molar-refractivity contribution >= 4 is 51.1 Å². The molecular formula is C60H84F2N8S2. The Kier molecular flexibility index (Phi) is 16.6. The van der Waals surface area contributed by atoms with Crippen molar-refractivity contribution in [1.29, 1.82) is 0 Å². The van der Waals surface area contributed by atoms with E-state index in [1.165, 1.54) is 46.5 Å². The lowest BCUT2D eigenvalue weighted by Crippen LogP contribution is -2.48. The first-order valence-electron chi connectivity index (χ1n) is 27.4. The molecule has 8 bridgehead atoms. The average Bonchev–Trinajstić information content (AvgIpc) is 3.90. The molecule has 0 amide bonds. The van der Waals surface area contributed by atoms with Crippen molar-refractivity contribution in [1.82, 2.24) is 30.0 Å². The van der Waals surface area contributed by atoms with Gasteiger partial charge in [0.05, 0.1) is 18.2 Å². The first-order valence-corrected chi connectivity index (χ1v) is 30.0. The predicted octanol–water partition coefficient (Wildman–Crippen LogP) is 14.0. The van der Waals surface area contributed by atoms with Crippen molar-refractivity contribution in [3.8, 4) is 0 Å². The van der Waals surface area contributed by atoms with E-state index in [0.717, 1.165) is 161 Å². The molecule has 7 aliphatic heterocycles. The van der Waals surface area contributed by atoms with Crippen LogP contribution in [0.3, 0.4) is 0 Å². The second-order valence-corrected chi connectivity index (χ2v) is 26.1. The molecule has 9 heterocycles. The molecule has 72 heavy (non-hydrogen) atoms. The molecule has 3 unspecified atom stereocenters. The fourth-order valence-corrected chi connectivity index (χ4v) is 15.0. The third-order valence-corrected chi connectivity index (χ3v) is 20.4. The minimum atomic E-state index is -2.87. The highest BCUT2D eigenvalue weighted by Gasteiger charge is 2.40. The minimum absolute atomic E-state index is 0.0313. The summed E-state index contributed by atoms with van der Waals surface area (Å²) in [6.07, 6.45) is 19.4. The molecule has 0 saturated carbocycles. The lowest BCUT2D eigenvalue weighted by atomic mass is 9.73. The Morgan fingerprint density at radius 1 is 1.00 bits per heavy atom. The summed E-state index contributed by atoms with van der Waals surface area (Å²) < 4.78 is 31.6. The van der Waals surface area contributed by atoms with Gasteiger partial charge in [-0.15, -0.1) is 11.3 Å². The van der Waals surface area contributed by atoms with Crippen LogP contribution in [-0.4, -0.2) is 87.4 Å². The van der Waals surface area contributed by atoms with E-state index in [9.17, 15) is 0 Å². The van der Waals surface area contributed by atoms with Crippen LogP contribution >= 0.6 is 21.8 Å². The van der Waals surface area contributed by atoms with Crippen molar-refractivity contribution in [2.24, 2.45) is 23.2 Å². The zero-order valence-corrected chi connectivity index (χ0v) is 45.8. The maximum absolute atomic E-state index is 15.8. The van der Waals surface area contributed by atoms with Crippen LogP contribution < -0.4 is 15.5 Å². The predicted molar refractivity (Wildman–Crippen MR) is 304 cm³/mol. The molecular weight excluding hydrogens is 935 g/mol. The molecule has 3 atom stereocenters. The van der Waals surface area contributed by atoms with Gasteiger partial charge in [0.2, 0.25) is 0 Å². The first-order chi connectivity index (χ1) is 34.6. The summed E-state index contributed by atoms with van der Waals surface area (Å²) in [6, 6.07) is 7.53. The van der Waals surface area contributed by atoms with Gasteiger partial charge in [-0.1, -0.05) is 96.8 Å². The second-order valence-electron chi connectivity index (χ2n) is 23.1. The highest BCUT2D eigenvalue weighted by molar-refractivity contribution is 8.14. The number of alkyl halides is 2. The molecule has 2 aromatic heterocycles. The Labute approximate surface area is 438 Å². The molecule has 3 aromatic rings. The molecule has 1 aromatic carbocycles. The summed E-state index contributed by atoms with van der Waals surface area (Å²) in [7, 11) is 2.41. The number of halogens is 2. The summed E-state index contributed by atoms with van der Waals surface area (Å²) in [6.45, 7) is 31.6. The number of anilines is 2. The number of thiophene rings is 1. The number of hydrogen-bond acceptors (Lipinski definition) is 9. The Bertz CT molecular complexity index is 2510. The van der Waals surface area contributed by atoms with E-state index in [0.29, 0.717) is 24.4 Å².